The van der Waals surface area contributed by atoms with Crippen LogP contribution in [-0.2, 0) is 23.0 Å². The maximum absolute atomic E-state index is 12.3. The van der Waals surface area contributed by atoms with Gasteiger partial charge in [-0.25, -0.2) is 4.79 Å². The Morgan fingerprint density at radius 1 is 1.33 bits per heavy atom. The monoisotopic (exact) mass is 329 g/mol. The summed E-state index contributed by atoms with van der Waals surface area (Å²) in [6.07, 6.45) is -0.997. The Balaban J connectivity index is 2.24. The number of alkyl halides is 3. The molecule has 0 radical (unpaired) electrons. The molecule has 2 rings (SSSR count). The van der Waals surface area contributed by atoms with Crippen LogP contribution in [0.5, 0.6) is 5.88 Å². The summed E-state index contributed by atoms with van der Waals surface area (Å²) in [6.45, 7) is 0.125. The maximum atomic E-state index is 12.3. The number of carbonyl (C=O) groups is 1. The van der Waals surface area contributed by atoms with Gasteiger partial charge in [0.25, 0.3) is 5.88 Å². The molecule has 0 aromatic carbocycles. The molecule has 12 heteroatoms. The van der Waals surface area contributed by atoms with Crippen molar-refractivity contribution >= 4 is 16.2 Å². The predicted molar refractivity (Wildman–Crippen MR) is 61.2 cm³/mol. The summed E-state index contributed by atoms with van der Waals surface area (Å²) in [5.74, 6) is -0.699. The number of halogens is 3. The summed E-state index contributed by atoms with van der Waals surface area (Å²) >= 11 is 0. The van der Waals surface area contributed by atoms with Crippen molar-refractivity contribution in [3.05, 3.63) is 11.3 Å². The van der Waals surface area contributed by atoms with Gasteiger partial charge in [0.1, 0.15) is 0 Å². The fourth-order valence-corrected chi connectivity index (χ4v) is 2.30. The number of hydrogen-bond acceptors (Lipinski definition) is 5. The van der Waals surface area contributed by atoms with E-state index in [-0.39, 0.29) is 31.5 Å². The van der Waals surface area contributed by atoms with E-state index in [9.17, 15) is 26.4 Å². The van der Waals surface area contributed by atoms with Gasteiger partial charge in [-0.15, -0.1) is 5.10 Å². The molecule has 1 aromatic rings. The molecule has 2 heterocycles. The molecule has 1 aromatic heterocycles. The van der Waals surface area contributed by atoms with Crippen LogP contribution in [0.1, 0.15) is 11.3 Å². The van der Waals surface area contributed by atoms with Gasteiger partial charge in [0.15, 0.2) is 0 Å². The van der Waals surface area contributed by atoms with Crippen molar-refractivity contribution in [2.24, 2.45) is 0 Å². The minimum atomic E-state index is -5.81. The Morgan fingerprint density at radius 2 is 1.95 bits per heavy atom. The van der Waals surface area contributed by atoms with Gasteiger partial charge in [0, 0.05) is 30.8 Å². The third-order valence-corrected chi connectivity index (χ3v) is 3.87. The number of H-pyrrole nitrogens is 1. The SMILES string of the molecule is O=C(O)N1CCc2[nH]nc(OS(=O)(=O)C(F)(F)F)c2CC1. The number of fused-ring (bicyclic) bond motifs is 1. The van der Waals surface area contributed by atoms with Crippen molar-refractivity contribution < 1.29 is 35.7 Å². The highest BCUT2D eigenvalue weighted by Gasteiger charge is 2.49. The first-order valence-electron chi connectivity index (χ1n) is 5.66. The number of nitrogens with one attached hydrogen (secondary N) is 1. The second-order valence-corrected chi connectivity index (χ2v) is 5.78. The van der Waals surface area contributed by atoms with Crippen molar-refractivity contribution in [2.45, 2.75) is 18.3 Å². The molecule has 0 fully saturated rings. The number of nitrogens with zero attached hydrogens (tertiary/aromatic N) is 2. The van der Waals surface area contributed by atoms with Crippen LogP contribution in [0, 0.1) is 0 Å². The smallest absolute Gasteiger partial charge is 0.465 e. The van der Waals surface area contributed by atoms with Crippen LogP contribution in [0.3, 0.4) is 0 Å². The van der Waals surface area contributed by atoms with Crippen LogP contribution < -0.4 is 4.18 Å². The van der Waals surface area contributed by atoms with Crippen LogP contribution >= 0.6 is 0 Å². The lowest BCUT2D eigenvalue weighted by atomic mass is 10.1. The predicted octanol–water partition coefficient (Wildman–Crippen LogP) is 0.717. The molecule has 0 spiro atoms. The fourth-order valence-electron chi connectivity index (χ4n) is 1.86. The molecule has 1 amide bonds. The van der Waals surface area contributed by atoms with E-state index < -0.39 is 27.6 Å². The van der Waals surface area contributed by atoms with Crippen LogP contribution in [0.2, 0.25) is 0 Å². The lowest BCUT2D eigenvalue weighted by molar-refractivity contribution is -0.0501. The van der Waals surface area contributed by atoms with Crippen molar-refractivity contribution in [2.75, 3.05) is 13.1 Å². The second-order valence-electron chi connectivity index (χ2n) is 4.24. The summed E-state index contributed by atoms with van der Waals surface area (Å²) in [5, 5.41) is 14.7. The fraction of sp³-hybridized carbons (Fsp3) is 0.556. The first kappa shape index (κ1) is 15.4. The van der Waals surface area contributed by atoms with Gasteiger partial charge in [0.2, 0.25) is 0 Å². The van der Waals surface area contributed by atoms with Gasteiger partial charge in [-0.05, 0) is 6.42 Å². The highest BCUT2D eigenvalue weighted by molar-refractivity contribution is 7.87. The van der Waals surface area contributed by atoms with Gasteiger partial charge in [-0.1, -0.05) is 0 Å². The topological polar surface area (TPSA) is 113 Å². The van der Waals surface area contributed by atoms with Crippen molar-refractivity contribution in [1.82, 2.24) is 15.1 Å². The van der Waals surface area contributed by atoms with E-state index >= 15 is 0 Å². The highest BCUT2D eigenvalue weighted by atomic mass is 32.2. The number of aromatic nitrogens is 2. The molecule has 0 bridgehead atoms. The number of carboxylic acid groups (broad SMARTS) is 1. The molecule has 8 nitrogen and oxygen atoms in total. The third-order valence-electron chi connectivity index (χ3n) is 2.92. The van der Waals surface area contributed by atoms with Gasteiger partial charge in [0.05, 0.1) is 0 Å². The lowest BCUT2D eigenvalue weighted by Gasteiger charge is -2.15. The molecule has 118 valence electrons. The van der Waals surface area contributed by atoms with E-state index in [1.165, 1.54) is 0 Å². The van der Waals surface area contributed by atoms with Crippen molar-refractivity contribution in [3.8, 4) is 5.88 Å². The Morgan fingerprint density at radius 3 is 2.52 bits per heavy atom. The maximum Gasteiger partial charge on any atom is 0.534 e. The highest BCUT2D eigenvalue weighted by Crippen LogP contribution is 2.30. The van der Waals surface area contributed by atoms with Gasteiger partial charge in [-0.2, -0.15) is 21.6 Å². The molecule has 21 heavy (non-hydrogen) atoms. The zero-order valence-electron chi connectivity index (χ0n) is 10.3. The van der Waals surface area contributed by atoms with E-state index in [0.29, 0.717) is 5.69 Å². The molecular formula is C9H10F3N3O5S. The number of aromatic amines is 1. The average Bonchev–Trinajstić information content (AvgIpc) is 2.58. The quantitative estimate of drug-likeness (QED) is 0.610. The lowest BCUT2D eigenvalue weighted by Crippen LogP contribution is -2.32. The van der Waals surface area contributed by atoms with E-state index in [1.807, 2.05) is 0 Å². The zero-order valence-corrected chi connectivity index (χ0v) is 11.2. The minimum absolute atomic E-state index is 0.000837. The van der Waals surface area contributed by atoms with E-state index in [2.05, 4.69) is 14.4 Å². The summed E-state index contributed by atoms with van der Waals surface area (Å²) in [7, 11) is -5.81. The molecule has 0 saturated carbocycles. The molecule has 0 atom stereocenters. The minimum Gasteiger partial charge on any atom is -0.465 e. The Bertz CT molecular complexity index is 654. The summed E-state index contributed by atoms with van der Waals surface area (Å²) in [6, 6.07) is 0. The Hall–Kier alpha value is -1.98. The molecular weight excluding hydrogens is 319 g/mol. The van der Waals surface area contributed by atoms with Gasteiger partial charge >= 0.3 is 21.7 Å². The Labute approximate surface area is 116 Å². The first-order chi connectivity index (χ1) is 9.62. The summed E-state index contributed by atoms with van der Waals surface area (Å²) in [4.78, 5) is 11.9. The first-order valence-corrected chi connectivity index (χ1v) is 7.07. The summed E-state index contributed by atoms with van der Waals surface area (Å²) < 4.78 is 62.7. The number of hydrogen-bond donors (Lipinski definition) is 2. The van der Waals surface area contributed by atoms with Crippen LogP contribution in [0.25, 0.3) is 0 Å². The molecule has 0 unspecified atom stereocenters. The Kier molecular flexibility index (Phi) is 3.74. The molecule has 0 aliphatic carbocycles. The van der Waals surface area contributed by atoms with Crippen LogP contribution in [0.4, 0.5) is 18.0 Å². The van der Waals surface area contributed by atoms with Crippen molar-refractivity contribution in [1.29, 1.82) is 0 Å². The summed E-state index contributed by atoms with van der Waals surface area (Å²) in [5.41, 5.74) is -5.07. The number of amides is 1. The molecule has 1 aliphatic rings. The standard InChI is InChI=1S/C9H10F3N3O5S/c10-9(11,12)21(18,19)20-7-5-1-3-15(8(16)17)4-2-6(5)13-14-7/h1-4H2,(H,13,14)(H,16,17). The zero-order chi connectivity index (χ0) is 15.8. The largest absolute Gasteiger partial charge is 0.534 e. The van der Waals surface area contributed by atoms with Gasteiger partial charge < -0.3 is 14.2 Å². The van der Waals surface area contributed by atoms with E-state index in [1.54, 1.807) is 0 Å². The second kappa shape index (κ2) is 5.09. The van der Waals surface area contributed by atoms with E-state index in [4.69, 9.17) is 5.11 Å². The van der Waals surface area contributed by atoms with E-state index in [0.717, 1.165) is 4.90 Å². The molecule has 1 aliphatic heterocycles. The third kappa shape index (κ3) is 3.04. The molecule has 0 saturated heterocycles. The van der Waals surface area contributed by atoms with Crippen LogP contribution in [-0.4, -0.2) is 53.3 Å². The van der Waals surface area contributed by atoms with Crippen molar-refractivity contribution in [3.63, 3.8) is 0 Å². The number of rotatable bonds is 2. The van der Waals surface area contributed by atoms with Crippen LogP contribution in [0.15, 0.2) is 0 Å². The normalized spacial score (nSPS) is 16.2. The average molecular weight is 329 g/mol. The molecule has 2 N–H and O–H groups in total. The van der Waals surface area contributed by atoms with Gasteiger partial charge in [-0.3, -0.25) is 5.10 Å².